The Labute approximate surface area is 165 Å². The first-order valence-corrected chi connectivity index (χ1v) is 9.86. The topological polar surface area (TPSA) is 68.0 Å². The van der Waals surface area contributed by atoms with Gasteiger partial charge >= 0.3 is 0 Å². The summed E-state index contributed by atoms with van der Waals surface area (Å²) >= 11 is 8.02. The van der Waals surface area contributed by atoms with E-state index in [1.165, 1.54) is 11.8 Å². The zero-order valence-electron chi connectivity index (χ0n) is 13.1. The number of benzene rings is 2. The Hall–Kier alpha value is -1.64. The minimum atomic E-state index is -0.141. The van der Waals surface area contributed by atoms with Crippen LogP contribution in [0.4, 0.5) is 5.69 Å². The van der Waals surface area contributed by atoms with Crippen LogP contribution in [0.2, 0.25) is 0 Å². The van der Waals surface area contributed by atoms with Gasteiger partial charge in [0, 0.05) is 14.5 Å². The number of carbonyl (C=O) groups is 1. The van der Waals surface area contributed by atoms with Gasteiger partial charge in [0.2, 0.25) is 11.8 Å². The van der Waals surface area contributed by atoms with E-state index < -0.39 is 0 Å². The van der Waals surface area contributed by atoms with Crippen molar-refractivity contribution >= 4 is 55.2 Å². The van der Waals surface area contributed by atoms with E-state index >= 15 is 0 Å². The Bertz CT molecular complexity index is 897. The van der Waals surface area contributed by atoms with Crippen molar-refractivity contribution in [2.75, 3.05) is 11.1 Å². The predicted molar refractivity (Wildman–Crippen MR) is 106 cm³/mol. The molecule has 0 aliphatic heterocycles. The molecular weight excluding hydrogens is 470 g/mol. The molecule has 8 heteroatoms. The monoisotopic (exact) mass is 481 g/mol. The molecule has 3 rings (SSSR count). The molecule has 0 radical (unpaired) electrons. The van der Waals surface area contributed by atoms with Gasteiger partial charge in [0.1, 0.15) is 0 Å². The molecule has 3 aromatic rings. The third-order valence-electron chi connectivity index (χ3n) is 3.22. The molecule has 25 heavy (non-hydrogen) atoms. The molecule has 0 fully saturated rings. The molecule has 0 saturated heterocycles. The summed E-state index contributed by atoms with van der Waals surface area (Å²) in [5.74, 6) is 0.470. The summed E-state index contributed by atoms with van der Waals surface area (Å²) in [6.07, 6.45) is 0. The molecule has 0 spiro atoms. The number of hydrogen-bond acceptors (Lipinski definition) is 5. The molecular formula is C17H13Br2N3O2S. The summed E-state index contributed by atoms with van der Waals surface area (Å²) in [5.41, 5.74) is 2.68. The SMILES string of the molecule is Cc1ccc(NC(=O)CSc2nnc(-c3ccc(Br)cc3)o2)c(Br)c1. The van der Waals surface area contributed by atoms with Crippen LogP contribution in [0.5, 0.6) is 0 Å². The second-order valence-corrected chi connectivity index (χ2v) is 7.90. The van der Waals surface area contributed by atoms with Crippen molar-refractivity contribution in [3.8, 4) is 11.5 Å². The summed E-state index contributed by atoms with van der Waals surface area (Å²) in [4.78, 5) is 12.1. The summed E-state index contributed by atoms with van der Waals surface area (Å²) in [7, 11) is 0. The van der Waals surface area contributed by atoms with E-state index in [1.54, 1.807) is 0 Å². The number of hydrogen-bond donors (Lipinski definition) is 1. The van der Waals surface area contributed by atoms with Crippen LogP contribution >= 0.6 is 43.6 Å². The highest BCUT2D eigenvalue weighted by Crippen LogP contribution is 2.26. The minimum Gasteiger partial charge on any atom is -0.411 e. The van der Waals surface area contributed by atoms with Gasteiger partial charge in [-0.1, -0.05) is 33.8 Å². The molecule has 1 heterocycles. The number of nitrogens with one attached hydrogen (secondary N) is 1. The third kappa shape index (κ3) is 4.93. The summed E-state index contributed by atoms with van der Waals surface area (Å²) in [5, 5.41) is 11.2. The van der Waals surface area contributed by atoms with Crippen LogP contribution in [0.1, 0.15) is 5.56 Å². The lowest BCUT2D eigenvalue weighted by Crippen LogP contribution is -2.14. The van der Waals surface area contributed by atoms with E-state index in [9.17, 15) is 4.79 Å². The number of aryl methyl sites for hydroxylation is 1. The summed E-state index contributed by atoms with van der Waals surface area (Å²) < 4.78 is 7.41. The molecule has 0 aliphatic rings. The Morgan fingerprint density at radius 3 is 2.64 bits per heavy atom. The van der Waals surface area contributed by atoms with Crippen molar-refractivity contribution in [1.29, 1.82) is 0 Å². The average Bonchev–Trinajstić information content (AvgIpc) is 3.05. The number of halogens is 2. The quantitative estimate of drug-likeness (QED) is 0.499. The number of nitrogens with zero attached hydrogens (tertiary/aromatic N) is 2. The van der Waals surface area contributed by atoms with Gasteiger partial charge in [0.15, 0.2) is 0 Å². The molecule has 128 valence electrons. The fourth-order valence-corrected chi connectivity index (χ4v) is 3.43. The Balaban J connectivity index is 1.58. The Morgan fingerprint density at radius 2 is 1.92 bits per heavy atom. The number of rotatable bonds is 5. The van der Waals surface area contributed by atoms with Crippen molar-refractivity contribution < 1.29 is 9.21 Å². The zero-order chi connectivity index (χ0) is 17.8. The highest BCUT2D eigenvalue weighted by Gasteiger charge is 2.12. The second kappa shape index (κ2) is 8.16. The van der Waals surface area contributed by atoms with E-state index in [-0.39, 0.29) is 11.7 Å². The van der Waals surface area contributed by atoms with Crippen molar-refractivity contribution in [3.05, 3.63) is 57.0 Å². The molecule has 1 N–H and O–H groups in total. The number of amides is 1. The molecule has 0 saturated carbocycles. The van der Waals surface area contributed by atoms with Crippen molar-refractivity contribution in [2.45, 2.75) is 12.1 Å². The van der Waals surface area contributed by atoms with Gasteiger partial charge in [0.05, 0.1) is 11.4 Å². The highest BCUT2D eigenvalue weighted by atomic mass is 79.9. The zero-order valence-corrected chi connectivity index (χ0v) is 17.1. The second-order valence-electron chi connectivity index (χ2n) is 5.20. The summed E-state index contributed by atoms with van der Waals surface area (Å²) in [6.45, 7) is 1.99. The van der Waals surface area contributed by atoms with Gasteiger partial charge in [-0.2, -0.15) is 0 Å². The molecule has 0 aliphatic carbocycles. The van der Waals surface area contributed by atoms with Gasteiger partial charge in [-0.25, -0.2) is 0 Å². The van der Waals surface area contributed by atoms with Crippen LogP contribution in [0.3, 0.4) is 0 Å². The minimum absolute atomic E-state index is 0.141. The number of aromatic nitrogens is 2. The first-order valence-electron chi connectivity index (χ1n) is 7.29. The van der Waals surface area contributed by atoms with Gasteiger partial charge in [-0.3, -0.25) is 4.79 Å². The fraction of sp³-hybridized carbons (Fsp3) is 0.118. The van der Waals surface area contributed by atoms with Gasteiger partial charge in [0.25, 0.3) is 5.22 Å². The highest BCUT2D eigenvalue weighted by molar-refractivity contribution is 9.10. The van der Waals surface area contributed by atoms with Crippen molar-refractivity contribution in [3.63, 3.8) is 0 Å². The van der Waals surface area contributed by atoms with Gasteiger partial charge < -0.3 is 9.73 Å². The van der Waals surface area contributed by atoms with Crippen LogP contribution in [0.25, 0.3) is 11.5 Å². The Kier molecular flexibility index (Phi) is 5.93. The number of carbonyl (C=O) groups excluding carboxylic acids is 1. The van der Waals surface area contributed by atoms with Crippen LogP contribution in [-0.4, -0.2) is 21.9 Å². The predicted octanol–water partition coefficient (Wildman–Crippen LogP) is 5.30. The van der Waals surface area contributed by atoms with Crippen molar-refractivity contribution in [1.82, 2.24) is 10.2 Å². The van der Waals surface area contributed by atoms with Crippen LogP contribution in [0, 0.1) is 6.92 Å². The summed E-state index contributed by atoms with van der Waals surface area (Å²) in [6, 6.07) is 13.3. The van der Waals surface area contributed by atoms with E-state index in [0.29, 0.717) is 11.1 Å². The smallest absolute Gasteiger partial charge is 0.277 e. The lowest BCUT2D eigenvalue weighted by Gasteiger charge is -2.07. The van der Waals surface area contributed by atoms with Crippen LogP contribution in [0.15, 0.2) is 61.0 Å². The lowest BCUT2D eigenvalue weighted by molar-refractivity contribution is -0.113. The first kappa shape index (κ1) is 18.2. The van der Waals surface area contributed by atoms with Crippen LogP contribution < -0.4 is 5.32 Å². The normalized spacial score (nSPS) is 10.7. The average molecular weight is 483 g/mol. The van der Waals surface area contributed by atoms with E-state index in [0.717, 1.165) is 25.8 Å². The maximum absolute atomic E-state index is 12.1. The molecule has 0 atom stereocenters. The largest absolute Gasteiger partial charge is 0.411 e. The maximum atomic E-state index is 12.1. The standard InChI is InChI=1S/C17H13Br2N3O2S/c1-10-2-7-14(13(19)8-10)20-15(23)9-25-17-22-21-16(24-17)11-3-5-12(18)6-4-11/h2-8H,9H2,1H3,(H,20,23). The van der Waals surface area contributed by atoms with Gasteiger partial charge in [-0.15, -0.1) is 10.2 Å². The number of thioether (sulfide) groups is 1. The molecule has 1 aromatic heterocycles. The molecule has 2 aromatic carbocycles. The van der Waals surface area contributed by atoms with Crippen LogP contribution in [-0.2, 0) is 4.79 Å². The maximum Gasteiger partial charge on any atom is 0.277 e. The van der Waals surface area contributed by atoms with E-state index in [4.69, 9.17) is 4.42 Å². The van der Waals surface area contributed by atoms with Crippen molar-refractivity contribution in [2.24, 2.45) is 0 Å². The third-order valence-corrected chi connectivity index (χ3v) is 5.23. The Morgan fingerprint density at radius 1 is 1.16 bits per heavy atom. The fourth-order valence-electron chi connectivity index (χ4n) is 2.01. The molecule has 1 amide bonds. The lowest BCUT2D eigenvalue weighted by atomic mass is 10.2. The van der Waals surface area contributed by atoms with E-state index in [2.05, 4.69) is 47.4 Å². The van der Waals surface area contributed by atoms with E-state index in [1.807, 2.05) is 49.4 Å². The van der Waals surface area contributed by atoms with Gasteiger partial charge in [-0.05, 0) is 64.8 Å². The molecule has 0 unspecified atom stereocenters. The molecule has 5 nitrogen and oxygen atoms in total. The number of anilines is 1. The molecule has 0 bridgehead atoms. The first-order chi connectivity index (χ1) is 12.0.